The zero-order valence-corrected chi connectivity index (χ0v) is 8.64. The van der Waals surface area contributed by atoms with Crippen molar-refractivity contribution >= 4 is 23.2 Å². The van der Waals surface area contributed by atoms with Gasteiger partial charge in [-0.1, -0.05) is 29.3 Å². The zero-order chi connectivity index (χ0) is 9.84. The van der Waals surface area contributed by atoms with Crippen molar-refractivity contribution in [2.24, 2.45) is 0 Å². The lowest BCUT2D eigenvalue weighted by molar-refractivity contribution is 0.0644. The summed E-state index contributed by atoms with van der Waals surface area (Å²) in [5, 5.41) is 10.4. The second-order valence-corrected chi connectivity index (χ2v) is 3.46. The Hall–Kier alpha value is -0.280. The molecule has 0 radical (unpaired) electrons. The molecular formula is C9H10Cl2O2. The van der Waals surface area contributed by atoms with E-state index < -0.39 is 6.10 Å². The van der Waals surface area contributed by atoms with Gasteiger partial charge in [-0.15, -0.1) is 0 Å². The van der Waals surface area contributed by atoms with Crippen molar-refractivity contribution in [2.75, 3.05) is 13.7 Å². The quantitative estimate of drug-likeness (QED) is 0.850. The highest BCUT2D eigenvalue weighted by molar-refractivity contribution is 6.42. The smallest absolute Gasteiger partial charge is 0.102 e. The van der Waals surface area contributed by atoms with Gasteiger partial charge in [-0.3, -0.25) is 0 Å². The third-order valence-electron chi connectivity index (χ3n) is 1.65. The van der Waals surface area contributed by atoms with Crippen LogP contribution in [0.1, 0.15) is 11.7 Å². The first kappa shape index (κ1) is 10.8. The Morgan fingerprint density at radius 2 is 2.08 bits per heavy atom. The first-order chi connectivity index (χ1) is 6.15. The third-order valence-corrected chi connectivity index (χ3v) is 2.39. The number of rotatable bonds is 3. The van der Waals surface area contributed by atoms with Gasteiger partial charge in [0.2, 0.25) is 0 Å². The van der Waals surface area contributed by atoms with E-state index in [-0.39, 0.29) is 6.61 Å². The summed E-state index contributed by atoms with van der Waals surface area (Å²) in [5.74, 6) is 0. The lowest BCUT2D eigenvalue weighted by Gasteiger charge is -2.10. The molecule has 0 unspecified atom stereocenters. The number of aliphatic hydroxyl groups excluding tert-OH is 1. The minimum absolute atomic E-state index is 0.248. The summed E-state index contributed by atoms with van der Waals surface area (Å²) in [6, 6.07) is 5.00. The predicted molar refractivity (Wildman–Crippen MR) is 53.3 cm³/mol. The van der Waals surface area contributed by atoms with Crippen molar-refractivity contribution < 1.29 is 9.84 Å². The van der Waals surface area contributed by atoms with Crippen LogP contribution in [0.4, 0.5) is 0 Å². The summed E-state index contributed by atoms with van der Waals surface area (Å²) in [6.07, 6.45) is -0.653. The van der Waals surface area contributed by atoms with Crippen LogP contribution in [0.15, 0.2) is 18.2 Å². The molecule has 0 aliphatic rings. The maximum Gasteiger partial charge on any atom is 0.102 e. The van der Waals surface area contributed by atoms with Gasteiger partial charge in [0, 0.05) is 7.11 Å². The van der Waals surface area contributed by atoms with Gasteiger partial charge in [0.1, 0.15) is 6.10 Å². The fraction of sp³-hybridized carbons (Fsp3) is 0.333. The number of halogens is 2. The van der Waals surface area contributed by atoms with Crippen LogP contribution in [0.25, 0.3) is 0 Å². The van der Waals surface area contributed by atoms with E-state index >= 15 is 0 Å². The van der Waals surface area contributed by atoms with Crippen molar-refractivity contribution in [2.45, 2.75) is 6.10 Å². The zero-order valence-electron chi connectivity index (χ0n) is 7.13. The SMILES string of the molecule is COC[C@H](O)c1ccc(Cl)c(Cl)c1. The first-order valence-electron chi connectivity index (χ1n) is 3.77. The van der Waals surface area contributed by atoms with Gasteiger partial charge < -0.3 is 9.84 Å². The molecule has 0 saturated heterocycles. The Balaban J connectivity index is 2.84. The van der Waals surface area contributed by atoms with Crippen molar-refractivity contribution in [1.29, 1.82) is 0 Å². The molecule has 1 aromatic rings. The number of ether oxygens (including phenoxy) is 1. The predicted octanol–water partition coefficient (Wildman–Crippen LogP) is 2.67. The summed E-state index contributed by atoms with van der Waals surface area (Å²) in [7, 11) is 1.53. The van der Waals surface area contributed by atoms with Crippen LogP contribution >= 0.6 is 23.2 Å². The molecule has 0 amide bonds. The van der Waals surface area contributed by atoms with Crippen molar-refractivity contribution in [3.63, 3.8) is 0 Å². The summed E-state index contributed by atoms with van der Waals surface area (Å²) in [4.78, 5) is 0. The van der Waals surface area contributed by atoms with Crippen LogP contribution in [0, 0.1) is 0 Å². The van der Waals surface area contributed by atoms with Gasteiger partial charge in [0.15, 0.2) is 0 Å². The van der Waals surface area contributed by atoms with Gasteiger partial charge in [-0.2, -0.15) is 0 Å². The molecule has 72 valence electrons. The van der Waals surface area contributed by atoms with E-state index in [9.17, 15) is 5.11 Å². The van der Waals surface area contributed by atoms with Gasteiger partial charge in [0.25, 0.3) is 0 Å². The highest BCUT2D eigenvalue weighted by atomic mass is 35.5. The second-order valence-electron chi connectivity index (χ2n) is 2.64. The maximum atomic E-state index is 9.51. The topological polar surface area (TPSA) is 29.5 Å². The molecular weight excluding hydrogens is 211 g/mol. The van der Waals surface area contributed by atoms with Gasteiger partial charge >= 0.3 is 0 Å². The Morgan fingerprint density at radius 3 is 2.62 bits per heavy atom. The van der Waals surface area contributed by atoms with E-state index in [1.807, 2.05) is 0 Å². The largest absolute Gasteiger partial charge is 0.386 e. The number of hydrogen-bond donors (Lipinski definition) is 1. The Kier molecular flexibility index (Phi) is 4.00. The van der Waals surface area contributed by atoms with E-state index in [2.05, 4.69) is 0 Å². The summed E-state index contributed by atoms with van der Waals surface area (Å²) in [6.45, 7) is 0.248. The first-order valence-corrected chi connectivity index (χ1v) is 4.52. The fourth-order valence-electron chi connectivity index (χ4n) is 0.974. The van der Waals surface area contributed by atoms with E-state index in [0.717, 1.165) is 0 Å². The molecule has 0 aliphatic carbocycles. The lowest BCUT2D eigenvalue weighted by Crippen LogP contribution is -2.04. The van der Waals surface area contributed by atoms with Crippen molar-refractivity contribution in [1.82, 2.24) is 0 Å². The minimum Gasteiger partial charge on any atom is -0.386 e. The molecule has 1 atom stereocenters. The standard InChI is InChI=1S/C9H10Cl2O2/c1-13-5-9(12)6-2-3-7(10)8(11)4-6/h2-4,9,12H,5H2,1H3/t9-/m0/s1. The molecule has 13 heavy (non-hydrogen) atoms. The van der Waals surface area contributed by atoms with Crippen molar-refractivity contribution in [3.05, 3.63) is 33.8 Å². The summed E-state index contributed by atoms with van der Waals surface area (Å²) in [5.41, 5.74) is 0.705. The molecule has 1 aromatic carbocycles. The molecule has 1 N–H and O–H groups in total. The van der Waals surface area contributed by atoms with Gasteiger partial charge in [-0.05, 0) is 17.7 Å². The monoisotopic (exact) mass is 220 g/mol. The van der Waals surface area contributed by atoms with Crippen LogP contribution in [0.2, 0.25) is 10.0 Å². The normalized spacial score (nSPS) is 12.9. The van der Waals surface area contributed by atoms with Crippen LogP contribution in [0.5, 0.6) is 0 Å². The molecule has 2 nitrogen and oxygen atoms in total. The van der Waals surface area contributed by atoms with Crippen molar-refractivity contribution in [3.8, 4) is 0 Å². The number of hydrogen-bond acceptors (Lipinski definition) is 2. The van der Waals surface area contributed by atoms with Crippen LogP contribution in [-0.2, 0) is 4.74 Å². The molecule has 0 spiro atoms. The molecule has 0 heterocycles. The van der Waals surface area contributed by atoms with E-state index in [1.54, 1.807) is 18.2 Å². The number of benzene rings is 1. The van der Waals surface area contributed by atoms with E-state index in [0.29, 0.717) is 15.6 Å². The Morgan fingerprint density at radius 1 is 1.38 bits per heavy atom. The average molecular weight is 221 g/mol. The molecule has 0 bridgehead atoms. The fourth-order valence-corrected chi connectivity index (χ4v) is 1.28. The lowest BCUT2D eigenvalue weighted by atomic mass is 10.1. The van der Waals surface area contributed by atoms with Gasteiger partial charge in [0.05, 0.1) is 16.7 Å². The summed E-state index contributed by atoms with van der Waals surface area (Å²) < 4.78 is 4.80. The molecule has 0 aliphatic heterocycles. The third kappa shape index (κ3) is 2.85. The highest BCUT2D eigenvalue weighted by Crippen LogP contribution is 2.25. The molecule has 0 fully saturated rings. The average Bonchev–Trinajstić information content (AvgIpc) is 2.10. The summed E-state index contributed by atoms with van der Waals surface area (Å²) >= 11 is 11.5. The van der Waals surface area contributed by atoms with E-state index in [1.165, 1.54) is 7.11 Å². The van der Waals surface area contributed by atoms with Crippen LogP contribution < -0.4 is 0 Å². The molecule has 1 rings (SSSR count). The molecule has 0 aromatic heterocycles. The second kappa shape index (κ2) is 4.82. The highest BCUT2D eigenvalue weighted by Gasteiger charge is 2.08. The molecule has 4 heteroatoms. The van der Waals surface area contributed by atoms with Gasteiger partial charge in [-0.25, -0.2) is 0 Å². The van der Waals surface area contributed by atoms with Crippen LogP contribution in [-0.4, -0.2) is 18.8 Å². The Bertz CT molecular complexity index is 289. The number of aliphatic hydroxyl groups is 1. The maximum absolute atomic E-state index is 9.51. The van der Waals surface area contributed by atoms with E-state index in [4.69, 9.17) is 27.9 Å². The Labute approximate surface area is 87.0 Å². The van der Waals surface area contributed by atoms with Crippen LogP contribution in [0.3, 0.4) is 0 Å². The minimum atomic E-state index is -0.653. The molecule has 0 saturated carbocycles. The number of methoxy groups -OCH3 is 1.